The van der Waals surface area contributed by atoms with Gasteiger partial charge in [0.2, 0.25) is 0 Å². The van der Waals surface area contributed by atoms with E-state index in [-0.39, 0.29) is 6.03 Å². The molecule has 1 fully saturated rings. The van der Waals surface area contributed by atoms with Crippen LogP contribution < -0.4 is 5.32 Å². The van der Waals surface area contributed by atoms with Gasteiger partial charge >= 0.3 is 12.0 Å². The molecule has 0 heterocycles. The highest BCUT2D eigenvalue weighted by Gasteiger charge is 2.43. The Labute approximate surface area is 121 Å². The Morgan fingerprint density at radius 3 is 2.40 bits per heavy atom. The lowest BCUT2D eigenvalue weighted by molar-refractivity contribution is -0.146. The van der Waals surface area contributed by atoms with Gasteiger partial charge in [-0.05, 0) is 38.5 Å². The van der Waals surface area contributed by atoms with E-state index in [2.05, 4.69) is 18.8 Å². The molecule has 0 saturated heterocycles. The number of hydrogen-bond donors (Lipinski definition) is 2. The number of nitrogens with zero attached hydrogens (tertiary/aromatic N) is 1. The number of urea groups is 1. The van der Waals surface area contributed by atoms with Gasteiger partial charge in [-0.1, -0.05) is 19.4 Å². The minimum Gasteiger partial charge on any atom is -0.480 e. The zero-order chi connectivity index (χ0) is 15.2. The number of carboxylic acids is 1. The summed E-state index contributed by atoms with van der Waals surface area (Å²) >= 11 is 0. The van der Waals surface area contributed by atoms with Crippen molar-refractivity contribution in [3.05, 3.63) is 12.7 Å². The van der Waals surface area contributed by atoms with Gasteiger partial charge in [-0.15, -0.1) is 6.58 Å². The van der Waals surface area contributed by atoms with E-state index in [0.717, 1.165) is 19.3 Å². The van der Waals surface area contributed by atoms with Crippen molar-refractivity contribution in [3.8, 4) is 0 Å². The molecule has 0 bridgehead atoms. The Morgan fingerprint density at radius 2 is 2.00 bits per heavy atom. The van der Waals surface area contributed by atoms with E-state index in [0.29, 0.717) is 31.8 Å². The smallest absolute Gasteiger partial charge is 0.329 e. The number of carbonyl (C=O) groups is 2. The molecule has 0 aromatic carbocycles. The lowest BCUT2D eigenvalue weighted by atomic mass is 9.75. The molecule has 1 rings (SSSR count). The van der Waals surface area contributed by atoms with E-state index in [1.165, 1.54) is 0 Å². The normalized spacial score (nSPS) is 25.8. The van der Waals surface area contributed by atoms with Gasteiger partial charge in [0.05, 0.1) is 0 Å². The van der Waals surface area contributed by atoms with Gasteiger partial charge in [0.25, 0.3) is 0 Å². The first-order valence-corrected chi connectivity index (χ1v) is 7.40. The van der Waals surface area contributed by atoms with Gasteiger partial charge in [-0.25, -0.2) is 9.59 Å². The number of carbonyl (C=O) groups excluding carboxylic acids is 1. The second-order valence-electron chi connectivity index (χ2n) is 5.50. The molecule has 20 heavy (non-hydrogen) atoms. The molecule has 2 amide bonds. The average molecular weight is 282 g/mol. The van der Waals surface area contributed by atoms with Crippen LogP contribution in [0.15, 0.2) is 12.7 Å². The molecule has 2 N–H and O–H groups in total. The Hall–Kier alpha value is -1.52. The van der Waals surface area contributed by atoms with Gasteiger partial charge in [0.15, 0.2) is 0 Å². The van der Waals surface area contributed by atoms with Crippen molar-refractivity contribution in [1.82, 2.24) is 10.2 Å². The van der Waals surface area contributed by atoms with Crippen LogP contribution in [-0.2, 0) is 4.79 Å². The Balaban J connectivity index is 2.75. The zero-order valence-electron chi connectivity index (χ0n) is 12.5. The predicted molar refractivity (Wildman–Crippen MR) is 78.6 cm³/mol. The van der Waals surface area contributed by atoms with Gasteiger partial charge in [0.1, 0.15) is 5.54 Å². The molecule has 0 radical (unpaired) electrons. The number of nitrogens with one attached hydrogen (secondary N) is 1. The number of likely N-dealkylation sites (N-methyl/N-ethyl adjacent to an activating group) is 1. The van der Waals surface area contributed by atoms with Crippen molar-refractivity contribution in [1.29, 1.82) is 0 Å². The second-order valence-corrected chi connectivity index (χ2v) is 5.50. The van der Waals surface area contributed by atoms with E-state index in [4.69, 9.17) is 0 Å². The molecular formula is C15H26N2O3. The van der Waals surface area contributed by atoms with Crippen LogP contribution in [0.5, 0.6) is 0 Å². The van der Waals surface area contributed by atoms with Crippen LogP contribution >= 0.6 is 0 Å². The van der Waals surface area contributed by atoms with Crippen molar-refractivity contribution in [2.24, 2.45) is 5.92 Å². The Kier molecular flexibility index (Phi) is 6.05. The summed E-state index contributed by atoms with van der Waals surface area (Å²) in [6.07, 6.45) is 5.45. The molecule has 5 heteroatoms. The number of carboxylic acid groups (broad SMARTS) is 1. The lowest BCUT2D eigenvalue weighted by Crippen LogP contribution is -2.59. The molecular weight excluding hydrogens is 256 g/mol. The predicted octanol–water partition coefficient (Wildman–Crippen LogP) is 2.63. The first kappa shape index (κ1) is 16.5. The fraction of sp³-hybridized carbons (Fsp3) is 0.733. The molecule has 1 aliphatic carbocycles. The summed E-state index contributed by atoms with van der Waals surface area (Å²) in [4.78, 5) is 25.4. The highest BCUT2D eigenvalue weighted by Crippen LogP contribution is 2.34. The van der Waals surface area contributed by atoms with Crippen LogP contribution in [0.25, 0.3) is 0 Å². The molecule has 5 nitrogen and oxygen atoms in total. The molecule has 0 spiro atoms. The van der Waals surface area contributed by atoms with Crippen molar-refractivity contribution >= 4 is 12.0 Å². The topological polar surface area (TPSA) is 69.6 Å². The third-order valence-electron chi connectivity index (χ3n) is 4.31. The summed E-state index contributed by atoms with van der Waals surface area (Å²) in [6, 6.07) is -0.315. The van der Waals surface area contributed by atoms with Crippen LogP contribution in [0, 0.1) is 5.92 Å². The molecule has 114 valence electrons. The number of amides is 2. The van der Waals surface area contributed by atoms with Crippen molar-refractivity contribution < 1.29 is 14.7 Å². The summed E-state index contributed by atoms with van der Waals surface area (Å²) in [5.74, 6) is -0.343. The maximum Gasteiger partial charge on any atom is 0.329 e. The lowest BCUT2D eigenvalue weighted by Gasteiger charge is -2.38. The zero-order valence-corrected chi connectivity index (χ0v) is 12.5. The van der Waals surface area contributed by atoms with E-state index < -0.39 is 11.5 Å². The third kappa shape index (κ3) is 3.74. The SMILES string of the molecule is C=CCN(CC)C(=O)NC1(C(=O)O)CCC(CC)CC1. The highest BCUT2D eigenvalue weighted by atomic mass is 16.4. The van der Waals surface area contributed by atoms with Crippen LogP contribution in [0.4, 0.5) is 4.79 Å². The van der Waals surface area contributed by atoms with Crippen LogP contribution in [0.3, 0.4) is 0 Å². The van der Waals surface area contributed by atoms with Crippen LogP contribution in [-0.4, -0.2) is 40.6 Å². The van der Waals surface area contributed by atoms with Gasteiger partial charge in [0, 0.05) is 13.1 Å². The minimum absolute atomic E-state index is 0.315. The molecule has 1 aliphatic rings. The van der Waals surface area contributed by atoms with E-state index in [1.807, 2.05) is 6.92 Å². The number of aliphatic carboxylic acids is 1. The fourth-order valence-electron chi connectivity index (χ4n) is 2.77. The second kappa shape index (κ2) is 7.31. The van der Waals surface area contributed by atoms with Crippen molar-refractivity contribution in [2.75, 3.05) is 13.1 Å². The molecule has 0 aliphatic heterocycles. The number of hydrogen-bond acceptors (Lipinski definition) is 2. The maximum absolute atomic E-state index is 12.2. The first-order chi connectivity index (χ1) is 9.49. The summed E-state index contributed by atoms with van der Waals surface area (Å²) < 4.78 is 0. The molecule has 0 aromatic heterocycles. The highest BCUT2D eigenvalue weighted by molar-refractivity contribution is 5.86. The summed E-state index contributed by atoms with van der Waals surface area (Å²) in [6.45, 7) is 8.56. The molecule has 0 atom stereocenters. The van der Waals surface area contributed by atoms with E-state index in [9.17, 15) is 14.7 Å². The Morgan fingerprint density at radius 1 is 1.40 bits per heavy atom. The summed E-state index contributed by atoms with van der Waals surface area (Å²) in [7, 11) is 0. The van der Waals surface area contributed by atoms with Gasteiger partial charge < -0.3 is 15.3 Å². The quantitative estimate of drug-likeness (QED) is 0.736. The fourth-order valence-corrected chi connectivity index (χ4v) is 2.77. The Bertz CT molecular complexity index is 360. The number of rotatable bonds is 6. The minimum atomic E-state index is -1.10. The van der Waals surface area contributed by atoms with Crippen LogP contribution in [0.1, 0.15) is 46.0 Å². The van der Waals surface area contributed by atoms with Gasteiger partial charge in [-0.2, -0.15) is 0 Å². The third-order valence-corrected chi connectivity index (χ3v) is 4.31. The molecule has 0 aromatic rings. The summed E-state index contributed by atoms with van der Waals surface area (Å²) in [5.41, 5.74) is -1.10. The average Bonchev–Trinajstić information content (AvgIpc) is 2.45. The van der Waals surface area contributed by atoms with Crippen molar-refractivity contribution in [3.63, 3.8) is 0 Å². The monoisotopic (exact) mass is 282 g/mol. The largest absolute Gasteiger partial charge is 0.480 e. The first-order valence-electron chi connectivity index (χ1n) is 7.40. The summed E-state index contributed by atoms with van der Waals surface area (Å²) in [5, 5.41) is 12.3. The van der Waals surface area contributed by atoms with Gasteiger partial charge in [-0.3, -0.25) is 0 Å². The van der Waals surface area contributed by atoms with Crippen LogP contribution in [0.2, 0.25) is 0 Å². The van der Waals surface area contributed by atoms with E-state index >= 15 is 0 Å². The maximum atomic E-state index is 12.2. The van der Waals surface area contributed by atoms with Crippen molar-refractivity contribution in [2.45, 2.75) is 51.5 Å². The molecule has 0 unspecified atom stereocenters. The standard InChI is InChI=1S/C15H26N2O3/c1-4-11-17(6-3)14(20)16-15(13(18)19)9-7-12(5-2)8-10-15/h4,12H,1,5-11H2,2-3H3,(H,16,20)(H,18,19). The molecule has 1 saturated carbocycles. The van der Waals surface area contributed by atoms with E-state index in [1.54, 1.807) is 11.0 Å².